The number of halogens is 2. The van der Waals surface area contributed by atoms with E-state index in [1.807, 2.05) is 19.1 Å². The quantitative estimate of drug-likeness (QED) is 0.925. The van der Waals surface area contributed by atoms with E-state index in [0.29, 0.717) is 17.3 Å². The Hall–Kier alpha value is -1.81. The molecule has 0 aliphatic rings. The zero-order chi connectivity index (χ0) is 13.8. The summed E-state index contributed by atoms with van der Waals surface area (Å²) in [4.78, 5) is 4.35. The summed E-state index contributed by atoms with van der Waals surface area (Å²) in [6.45, 7) is 2.30. The molecule has 0 aliphatic heterocycles. The maximum atomic E-state index is 13.6. The fourth-order valence-electron chi connectivity index (χ4n) is 1.73. The van der Waals surface area contributed by atoms with Gasteiger partial charge in [-0.2, -0.15) is 0 Å². The predicted octanol–water partition coefficient (Wildman–Crippen LogP) is 3.80. The maximum absolute atomic E-state index is 13.6. The summed E-state index contributed by atoms with van der Waals surface area (Å²) in [5.41, 5.74) is 2.03. The summed E-state index contributed by atoms with van der Waals surface area (Å²) in [6, 6.07) is 8.16. The van der Waals surface area contributed by atoms with Crippen molar-refractivity contribution in [3.05, 3.63) is 52.6 Å². The summed E-state index contributed by atoms with van der Waals surface area (Å²) in [7, 11) is 1.60. The molecule has 0 saturated carbocycles. The lowest BCUT2D eigenvalue weighted by atomic mass is 10.2. The van der Waals surface area contributed by atoms with E-state index in [1.165, 1.54) is 6.07 Å². The summed E-state index contributed by atoms with van der Waals surface area (Å²) in [6.07, 6.45) is 0. The van der Waals surface area contributed by atoms with Crippen LogP contribution < -0.4 is 10.1 Å². The van der Waals surface area contributed by atoms with Gasteiger partial charge in [0.15, 0.2) is 0 Å². The van der Waals surface area contributed by atoms with Gasteiger partial charge in [-0.3, -0.25) is 4.98 Å². The molecule has 0 amide bonds. The van der Waals surface area contributed by atoms with Gasteiger partial charge in [-0.15, -0.1) is 0 Å². The zero-order valence-corrected chi connectivity index (χ0v) is 11.5. The molecular weight excluding hydrogens is 267 g/mol. The van der Waals surface area contributed by atoms with Crippen LogP contribution in [0.2, 0.25) is 5.02 Å². The topological polar surface area (TPSA) is 34.1 Å². The van der Waals surface area contributed by atoms with Crippen molar-refractivity contribution in [1.82, 2.24) is 4.98 Å². The van der Waals surface area contributed by atoms with Gasteiger partial charge in [-0.1, -0.05) is 11.6 Å². The number of anilines is 1. The van der Waals surface area contributed by atoms with Crippen molar-refractivity contribution >= 4 is 17.3 Å². The summed E-state index contributed by atoms with van der Waals surface area (Å²) in [5, 5.41) is 3.36. The molecule has 0 spiro atoms. The molecule has 1 N–H and O–H groups in total. The van der Waals surface area contributed by atoms with Crippen LogP contribution in [-0.4, -0.2) is 12.1 Å². The highest BCUT2D eigenvalue weighted by Crippen LogP contribution is 2.20. The number of nitrogens with zero attached hydrogens (tertiary/aromatic N) is 1. The van der Waals surface area contributed by atoms with Gasteiger partial charge in [-0.05, 0) is 25.1 Å². The molecule has 19 heavy (non-hydrogen) atoms. The van der Waals surface area contributed by atoms with E-state index in [4.69, 9.17) is 16.3 Å². The normalized spacial score (nSPS) is 10.3. The van der Waals surface area contributed by atoms with Crippen molar-refractivity contribution in [3.8, 4) is 5.75 Å². The first-order chi connectivity index (χ1) is 9.08. The summed E-state index contributed by atoms with van der Waals surface area (Å²) >= 11 is 5.70. The maximum Gasteiger partial charge on any atom is 0.147 e. The minimum atomic E-state index is -0.382. The highest BCUT2D eigenvalue weighted by molar-refractivity contribution is 6.30. The SMILES string of the molecule is COc1cc(C)nc(CNc2ccc(Cl)cc2F)c1. The lowest BCUT2D eigenvalue weighted by Gasteiger charge is -2.09. The van der Waals surface area contributed by atoms with Gasteiger partial charge in [0.2, 0.25) is 0 Å². The van der Waals surface area contributed by atoms with E-state index in [1.54, 1.807) is 19.2 Å². The first-order valence-electron chi connectivity index (χ1n) is 5.79. The number of ether oxygens (including phenoxy) is 1. The third kappa shape index (κ3) is 3.58. The van der Waals surface area contributed by atoms with Gasteiger partial charge in [0.05, 0.1) is 25.0 Å². The van der Waals surface area contributed by atoms with Crippen LogP contribution in [0, 0.1) is 12.7 Å². The molecule has 0 bridgehead atoms. The lowest BCUT2D eigenvalue weighted by molar-refractivity contribution is 0.413. The smallest absolute Gasteiger partial charge is 0.147 e. The monoisotopic (exact) mass is 280 g/mol. The third-order valence-corrected chi connectivity index (χ3v) is 2.84. The summed E-state index contributed by atoms with van der Waals surface area (Å²) in [5.74, 6) is 0.355. The fraction of sp³-hybridized carbons (Fsp3) is 0.214. The second kappa shape index (κ2) is 5.89. The van der Waals surface area contributed by atoms with Gasteiger partial charge < -0.3 is 10.1 Å². The number of benzene rings is 1. The molecule has 0 atom stereocenters. The highest BCUT2D eigenvalue weighted by Gasteiger charge is 2.04. The number of hydrogen-bond donors (Lipinski definition) is 1. The largest absolute Gasteiger partial charge is 0.497 e. The first kappa shape index (κ1) is 13.6. The molecule has 100 valence electrons. The van der Waals surface area contributed by atoms with Crippen LogP contribution >= 0.6 is 11.6 Å². The Labute approximate surface area is 116 Å². The molecule has 0 saturated heterocycles. The Kier molecular flexibility index (Phi) is 4.22. The molecule has 1 heterocycles. The molecule has 2 rings (SSSR count). The molecule has 2 aromatic rings. The van der Waals surface area contributed by atoms with Gasteiger partial charge in [-0.25, -0.2) is 4.39 Å². The second-order valence-electron chi connectivity index (χ2n) is 4.12. The Bertz CT molecular complexity index is 590. The van der Waals surface area contributed by atoms with Gasteiger partial charge >= 0.3 is 0 Å². The number of aromatic nitrogens is 1. The standard InChI is InChI=1S/C14H14ClFN2O/c1-9-5-12(19-2)7-11(18-9)8-17-14-4-3-10(15)6-13(14)16/h3-7,17H,8H2,1-2H3. The molecule has 1 aromatic heterocycles. The first-order valence-corrected chi connectivity index (χ1v) is 6.17. The number of nitrogens with one attached hydrogen (secondary N) is 1. The van der Waals surface area contributed by atoms with Crippen molar-refractivity contribution in [3.63, 3.8) is 0 Å². The average Bonchev–Trinajstić information content (AvgIpc) is 2.37. The van der Waals surface area contributed by atoms with Crippen LogP contribution in [-0.2, 0) is 6.54 Å². The van der Waals surface area contributed by atoms with Crippen LogP contribution in [0.4, 0.5) is 10.1 Å². The summed E-state index contributed by atoms with van der Waals surface area (Å²) < 4.78 is 18.8. The molecule has 0 radical (unpaired) electrons. The van der Waals surface area contributed by atoms with E-state index >= 15 is 0 Å². The molecule has 0 aliphatic carbocycles. The number of methoxy groups -OCH3 is 1. The van der Waals surface area contributed by atoms with Crippen molar-refractivity contribution in [2.45, 2.75) is 13.5 Å². The van der Waals surface area contributed by atoms with E-state index in [2.05, 4.69) is 10.3 Å². The van der Waals surface area contributed by atoms with E-state index in [9.17, 15) is 4.39 Å². The van der Waals surface area contributed by atoms with Crippen molar-refractivity contribution in [2.75, 3.05) is 12.4 Å². The van der Waals surface area contributed by atoms with Gasteiger partial charge in [0.1, 0.15) is 11.6 Å². The molecule has 0 unspecified atom stereocenters. The number of pyridine rings is 1. The fourth-order valence-corrected chi connectivity index (χ4v) is 1.89. The minimum absolute atomic E-state index is 0.374. The van der Waals surface area contributed by atoms with Crippen molar-refractivity contribution < 1.29 is 9.13 Å². The van der Waals surface area contributed by atoms with E-state index < -0.39 is 0 Å². The third-order valence-electron chi connectivity index (χ3n) is 2.61. The van der Waals surface area contributed by atoms with Gasteiger partial charge in [0, 0.05) is 22.8 Å². The Morgan fingerprint density at radius 1 is 1.32 bits per heavy atom. The molecule has 5 heteroatoms. The number of aryl methyl sites for hydroxylation is 1. The molecule has 0 fully saturated rings. The van der Waals surface area contributed by atoms with Gasteiger partial charge in [0.25, 0.3) is 0 Å². The zero-order valence-electron chi connectivity index (χ0n) is 10.7. The van der Waals surface area contributed by atoms with Crippen molar-refractivity contribution in [1.29, 1.82) is 0 Å². The van der Waals surface area contributed by atoms with Crippen LogP contribution in [0.5, 0.6) is 5.75 Å². The second-order valence-corrected chi connectivity index (χ2v) is 4.55. The Morgan fingerprint density at radius 2 is 2.11 bits per heavy atom. The average molecular weight is 281 g/mol. The van der Waals surface area contributed by atoms with Crippen LogP contribution in [0.1, 0.15) is 11.4 Å². The predicted molar refractivity (Wildman–Crippen MR) is 74.3 cm³/mol. The van der Waals surface area contributed by atoms with Crippen LogP contribution in [0.25, 0.3) is 0 Å². The van der Waals surface area contributed by atoms with Crippen molar-refractivity contribution in [2.24, 2.45) is 0 Å². The highest BCUT2D eigenvalue weighted by atomic mass is 35.5. The number of rotatable bonds is 4. The molecule has 1 aromatic carbocycles. The Balaban J connectivity index is 2.12. The van der Waals surface area contributed by atoms with E-state index in [-0.39, 0.29) is 5.82 Å². The lowest BCUT2D eigenvalue weighted by Crippen LogP contribution is -2.04. The van der Waals surface area contributed by atoms with E-state index in [0.717, 1.165) is 17.1 Å². The number of hydrogen-bond acceptors (Lipinski definition) is 3. The Morgan fingerprint density at radius 3 is 2.79 bits per heavy atom. The molecule has 3 nitrogen and oxygen atoms in total. The molecular formula is C14H14ClFN2O. The van der Waals surface area contributed by atoms with Crippen LogP contribution in [0.3, 0.4) is 0 Å². The van der Waals surface area contributed by atoms with Crippen LogP contribution in [0.15, 0.2) is 30.3 Å². The minimum Gasteiger partial charge on any atom is -0.497 e.